The van der Waals surface area contributed by atoms with Gasteiger partial charge < -0.3 is 10.6 Å². The van der Waals surface area contributed by atoms with E-state index in [0.717, 1.165) is 18.0 Å². The Kier molecular flexibility index (Phi) is 5.43. The van der Waals surface area contributed by atoms with Crippen molar-refractivity contribution in [2.45, 2.75) is 23.9 Å². The molecular formula is C13H16ClN5S. The number of aromatic nitrogens is 3. The maximum Gasteiger partial charge on any atom is 0.228 e. The lowest BCUT2D eigenvalue weighted by molar-refractivity contribution is 0.894. The number of hydrogen-bond acceptors (Lipinski definition) is 6. The second-order valence-corrected chi connectivity index (χ2v) is 5.36. The molecule has 0 aliphatic heterocycles. The Bertz CT molecular complexity index is 537. The molecule has 0 unspecified atom stereocenters. The van der Waals surface area contributed by atoms with E-state index in [0.29, 0.717) is 22.1 Å². The second-order valence-electron chi connectivity index (χ2n) is 3.88. The van der Waals surface area contributed by atoms with Gasteiger partial charge in [-0.2, -0.15) is 15.0 Å². The van der Waals surface area contributed by atoms with Gasteiger partial charge in [0, 0.05) is 23.0 Å². The highest BCUT2D eigenvalue weighted by molar-refractivity contribution is 7.99. The summed E-state index contributed by atoms with van der Waals surface area (Å²) < 4.78 is 0. The molecule has 0 aliphatic carbocycles. The van der Waals surface area contributed by atoms with Crippen molar-refractivity contribution in [2.75, 3.05) is 23.7 Å². The summed E-state index contributed by atoms with van der Waals surface area (Å²) in [7, 11) is 0. The number of nitrogens with zero attached hydrogens (tertiary/aromatic N) is 3. The molecule has 106 valence electrons. The van der Waals surface area contributed by atoms with E-state index in [4.69, 9.17) is 11.6 Å². The fourth-order valence-corrected chi connectivity index (χ4v) is 2.36. The fourth-order valence-electron chi connectivity index (χ4n) is 1.48. The predicted molar refractivity (Wildman–Crippen MR) is 83.7 cm³/mol. The zero-order valence-corrected chi connectivity index (χ0v) is 12.9. The molecular weight excluding hydrogens is 294 g/mol. The van der Waals surface area contributed by atoms with Crippen LogP contribution in [0.15, 0.2) is 34.3 Å². The molecule has 2 aromatic rings. The van der Waals surface area contributed by atoms with Crippen LogP contribution >= 0.6 is 23.4 Å². The van der Waals surface area contributed by atoms with Crippen LogP contribution in [0.4, 0.5) is 11.9 Å². The Balaban J connectivity index is 2.22. The van der Waals surface area contributed by atoms with Crippen LogP contribution in [0.25, 0.3) is 0 Å². The number of anilines is 2. The molecule has 0 fully saturated rings. The van der Waals surface area contributed by atoms with Gasteiger partial charge >= 0.3 is 0 Å². The fraction of sp³-hybridized carbons (Fsp3) is 0.308. The Morgan fingerprint density at radius 2 is 1.50 bits per heavy atom. The van der Waals surface area contributed by atoms with Crippen molar-refractivity contribution >= 4 is 35.3 Å². The molecule has 0 saturated heterocycles. The van der Waals surface area contributed by atoms with Gasteiger partial charge in [0.25, 0.3) is 0 Å². The van der Waals surface area contributed by atoms with Gasteiger partial charge in [0.1, 0.15) is 0 Å². The van der Waals surface area contributed by atoms with E-state index in [-0.39, 0.29) is 0 Å². The van der Waals surface area contributed by atoms with Crippen LogP contribution in [0.1, 0.15) is 13.8 Å². The lowest BCUT2D eigenvalue weighted by Crippen LogP contribution is -2.09. The quantitative estimate of drug-likeness (QED) is 0.851. The lowest BCUT2D eigenvalue weighted by Gasteiger charge is -2.08. The first kappa shape index (κ1) is 14.9. The topological polar surface area (TPSA) is 62.7 Å². The standard InChI is InChI=1S/C13H16ClN5S/c1-3-15-11-17-12(16-4-2)19-13(18-11)20-10-7-5-9(14)6-8-10/h5-8H,3-4H2,1-2H3,(H2,15,16,17,18,19). The van der Waals surface area contributed by atoms with Crippen molar-refractivity contribution in [1.29, 1.82) is 0 Å². The number of benzene rings is 1. The van der Waals surface area contributed by atoms with Crippen molar-refractivity contribution in [3.8, 4) is 0 Å². The van der Waals surface area contributed by atoms with Crippen LogP contribution in [0.5, 0.6) is 0 Å². The lowest BCUT2D eigenvalue weighted by atomic mass is 10.4. The molecule has 0 saturated carbocycles. The number of rotatable bonds is 6. The first-order chi connectivity index (χ1) is 9.71. The highest BCUT2D eigenvalue weighted by atomic mass is 35.5. The summed E-state index contributed by atoms with van der Waals surface area (Å²) in [5.74, 6) is 1.16. The molecule has 1 heterocycles. The zero-order chi connectivity index (χ0) is 14.4. The SMILES string of the molecule is CCNc1nc(NCC)nc(Sc2ccc(Cl)cc2)n1. The van der Waals surface area contributed by atoms with E-state index in [9.17, 15) is 0 Å². The van der Waals surface area contributed by atoms with Crippen molar-refractivity contribution < 1.29 is 0 Å². The van der Waals surface area contributed by atoms with E-state index in [2.05, 4.69) is 25.6 Å². The second kappa shape index (κ2) is 7.31. The van der Waals surface area contributed by atoms with E-state index >= 15 is 0 Å². The summed E-state index contributed by atoms with van der Waals surface area (Å²) in [6.45, 7) is 5.53. The maximum atomic E-state index is 5.88. The highest BCUT2D eigenvalue weighted by Crippen LogP contribution is 2.27. The summed E-state index contributed by atoms with van der Waals surface area (Å²) in [5.41, 5.74) is 0. The molecule has 0 amide bonds. The summed E-state index contributed by atoms with van der Waals surface area (Å²) in [5, 5.41) is 7.57. The third-order valence-corrected chi connectivity index (χ3v) is 3.43. The van der Waals surface area contributed by atoms with Crippen molar-refractivity contribution in [3.05, 3.63) is 29.3 Å². The van der Waals surface area contributed by atoms with Crippen LogP contribution in [-0.2, 0) is 0 Å². The number of nitrogens with one attached hydrogen (secondary N) is 2. The zero-order valence-electron chi connectivity index (χ0n) is 11.4. The number of hydrogen-bond donors (Lipinski definition) is 2. The normalized spacial score (nSPS) is 10.3. The monoisotopic (exact) mass is 309 g/mol. The maximum absolute atomic E-state index is 5.88. The Morgan fingerprint density at radius 3 is 2.00 bits per heavy atom. The van der Waals surface area contributed by atoms with Crippen LogP contribution in [0.3, 0.4) is 0 Å². The number of halogens is 1. The Labute approximate surface area is 127 Å². The summed E-state index contributed by atoms with van der Waals surface area (Å²) in [4.78, 5) is 14.1. The first-order valence-electron chi connectivity index (χ1n) is 6.38. The average molecular weight is 310 g/mol. The van der Waals surface area contributed by atoms with Gasteiger partial charge in [-0.05, 0) is 49.9 Å². The van der Waals surface area contributed by atoms with Gasteiger partial charge in [0.2, 0.25) is 11.9 Å². The van der Waals surface area contributed by atoms with Crippen molar-refractivity contribution in [1.82, 2.24) is 15.0 Å². The molecule has 7 heteroatoms. The first-order valence-corrected chi connectivity index (χ1v) is 7.58. The van der Waals surface area contributed by atoms with Gasteiger partial charge in [-0.1, -0.05) is 11.6 Å². The van der Waals surface area contributed by atoms with E-state index in [1.807, 2.05) is 38.1 Å². The molecule has 2 N–H and O–H groups in total. The largest absolute Gasteiger partial charge is 0.354 e. The molecule has 1 aromatic carbocycles. The van der Waals surface area contributed by atoms with Gasteiger partial charge in [-0.25, -0.2) is 0 Å². The molecule has 0 spiro atoms. The van der Waals surface area contributed by atoms with Gasteiger partial charge in [0.05, 0.1) is 0 Å². The molecule has 5 nitrogen and oxygen atoms in total. The summed E-state index contributed by atoms with van der Waals surface area (Å²) in [6, 6.07) is 7.58. The predicted octanol–water partition coefficient (Wildman–Crippen LogP) is 3.54. The molecule has 20 heavy (non-hydrogen) atoms. The van der Waals surface area contributed by atoms with Crippen molar-refractivity contribution in [2.24, 2.45) is 0 Å². The third kappa shape index (κ3) is 4.25. The molecule has 2 rings (SSSR count). The average Bonchev–Trinajstić information content (AvgIpc) is 2.42. The molecule has 1 aromatic heterocycles. The highest BCUT2D eigenvalue weighted by Gasteiger charge is 2.07. The Morgan fingerprint density at radius 1 is 0.950 bits per heavy atom. The minimum Gasteiger partial charge on any atom is -0.354 e. The van der Waals surface area contributed by atoms with Gasteiger partial charge in [-0.3, -0.25) is 0 Å². The van der Waals surface area contributed by atoms with E-state index in [1.165, 1.54) is 11.8 Å². The van der Waals surface area contributed by atoms with E-state index < -0.39 is 0 Å². The van der Waals surface area contributed by atoms with Gasteiger partial charge in [0.15, 0.2) is 5.16 Å². The van der Waals surface area contributed by atoms with Crippen LogP contribution in [0, 0.1) is 0 Å². The van der Waals surface area contributed by atoms with Gasteiger partial charge in [-0.15, -0.1) is 0 Å². The third-order valence-electron chi connectivity index (χ3n) is 2.31. The molecule has 0 aliphatic rings. The summed E-state index contributed by atoms with van der Waals surface area (Å²) in [6.07, 6.45) is 0. The van der Waals surface area contributed by atoms with Crippen LogP contribution in [0.2, 0.25) is 5.02 Å². The smallest absolute Gasteiger partial charge is 0.228 e. The van der Waals surface area contributed by atoms with Crippen LogP contribution < -0.4 is 10.6 Å². The van der Waals surface area contributed by atoms with E-state index in [1.54, 1.807) is 0 Å². The molecule has 0 radical (unpaired) electrons. The minimum absolute atomic E-state index is 0.579. The molecule has 0 atom stereocenters. The van der Waals surface area contributed by atoms with Crippen LogP contribution in [-0.4, -0.2) is 28.0 Å². The van der Waals surface area contributed by atoms with Crippen molar-refractivity contribution in [3.63, 3.8) is 0 Å². The summed E-state index contributed by atoms with van der Waals surface area (Å²) >= 11 is 7.35. The Hall–Kier alpha value is -1.53. The molecule has 0 bridgehead atoms. The minimum atomic E-state index is 0.579.